The summed E-state index contributed by atoms with van der Waals surface area (Å²) in [5.74, 6) is 1.06. The summed E-state index contributed by atoms with van der Waals surface area (Å²) in [5.41, 5.74) is 0. The summed E-state index contributed by atoms with van der Waals surface area (Å²) >= 11 is 4.20. The molecule has 0 aliphatic rings. The Morgan fingerprint density at radius 3 is 1.83 bits per heavy atom. The molecule has 0 unspecified atom stereocenters. The standard InChI is InChI=1S/C10H24SSi/c1-12(2,3)10-8-6-4-5-7-9-11/h11H,4-10H2,1-3H3. The monoisotopic (exact) mass is 204 g/mol. The van der Waals surface area contributed by atoms with Gasteiger partial charge in [0.15, 0.2) is 0 Å². The molecule has 0 aromatic carbocycles. The van der Waals surface area contributed by atoms with Crippen molar-refractivity contribution in [2.75, 3.05) is 5.75 Å². The van der Waals surface area contributed by atoms with Crippen molar-refractivity contribution in [1.29, 1.82) is 0 Å². The van der Waals surface area contributed by atoms with Crippen LogP contribution in [0, 0.1) is 0 Å². The Labute approximate surface area is 84.6 Å². The molecule has 0 saturated heterocycles. The van der Waals surface area contributed by atoms with Crippen molar-refractivity contribution in [2.45, 2.75) is 57.8 Å². The maximum Gasteiger partial charge on any atom is 0.0442 e. The third-order valence-corrected chi connectivity index (χ3v) is 4.25. The molecular formula is C10H24SSi. The molecule has 0 radical (unpaired) electrons. The fourth-order valence-electron chi connectivity index (χ4n) is 1.30. The molecule has 0 fully saturated rings. The van der Waals surface area contributed by atoms with Crippen LogP contribution in [0.2, 0.25) is 25.7 Å². The summed E-state index contributed by atoms with van der Waals surface area (Å²) in [7, 11) is -0.741. The summed E-state index contributed by atoms with van der Waals surface area (Å²) in [4.78, 5) is 0. The van der Waals surface area contributed by atoms with E-state index in [0.717, 1.165) is 5.75 Å². The minimum absolute atomic E-state index is 0.741. The van der Waals surface area contributed by atoms with Gasteiger partial charge in [0.05, 0.1) is 0 Å². The number of hydrogen-bond acceptors (Lipinski definition) is 1. The molecule has 0 amide bonds. The van der Waals surface area contributed by atoms with Gasteiger partial charge in [-0.25, -0.2) is 0 Å². The predicted molar refractivity (Wildman–Crippen MR) is 65.1 cm³/mol. The Morgan fingerprint density at radius 1 is 0.833 bits per heavy atom. The van der Waals surface area contributed by atoms with Crippen LogP contribution in [0.5, 0.6) is 0 Å². The van der Waals surface area contributed by atoms with Crippen molar-refractivity contribution in [2.24, 2.45) is 0 Å². The molecule has 0 heterocycles. The zero-order valence-electron chi connectivity index (χ0n) is 8.90. The molecule has 0 saturated carbocycles. The Balaban J connectivity index is 3.01. The van der Waals surface area contributed by atoms with Gasteiger partial charge in [0, 0.05) is 8.07 Å². The van der Waals surface area contributed by atoms with Crippen LogP contribution in [0.25, 0.3) is 0 Å². The third kappa shape index (κ3) is 10.6. The predicted octanol–water partition coefficient (Wildman–Crippen LogP) is 4.20. The van der Waals surface area contributed by atoms with E-state index in [1.807, 2.05) is 0 Å². The lowest BCUT2D eigenvalue weighted by Gasteiger charge is -2.14. The minimum atomic E-state index is -0.741. The van der Waals surface area contributed by atoms with E-state index in [1.165, 1.54) is 38.1 Å². The summed E-state index contributed by atoms with van der Waals surface area (Å²) in [6.07, 6.45) is 7.01. The van der Waals surface area contributed by atoms with E-state index in [1.54, 1.807) is 0 Å². The van der Waals surface area contributed by atoms with Crippen molar-refractivity contribution >= 4 is 20.7 Å². The maximum absolute atomic E-state index is 4.20. The molecule has 0 aromatic heterocycles. The average Bonchev–Trinajstić information content (AvgIpc) is 1.94. The van der Waals surface area contributed by atoms with Crippen molar-refractivity contribution < 1.29 is 0 Å². The molecule has 0 N–H and O–H groups in total. The molecule has 2 heteroatoms. The van der Waals surface area contributed by atoms with E-state index in [9.17, 15) is 0 Å². The van der Waals surface area contributed by atoms with E-state index >= 15 is 0 Å². The maximum atomic E-state index is 4.20. The Bertz CT molecular complexity index is 96.5. The zero-order chi connectivity index (χ0) is 9.45. The van der Waals surface area contributed by atoms with Crippen molar-refractivity contribution in [1.82, 2.24) is 0 Å². The lowest BCUT2D eigenvalue weighted by atomic mass is 10.2. The summed E-state index contributed by atoms with van der Waals surface area (Å²) in [6, 6.07) is 1.51. The lowest BCUT2D eigenvalue weighted by molar-refractivity contribution is 0.656. The molecule has 74 valence electrons. The fraction of sp³-hybridized carbons (Fsp3) is 1.00. The normalized spacial score (nSPS) is 12.0. The van der Waals surface area contributed by atoms with Gasteiger partial charge in [-0.1, -0.05) is 51.4 Å². The largest absolute Gasteiger partial charge is 0.179 e. The molecule has 0 aliphatic heterocycles. The number of hydrogen-bond donors (Lipinski definition) is 1. The molecule has 0 rings (SSSR count). The van der Waals surface area contributed by atoms with E-state index in [2.05, 4.69) is 32.3 Å². The fourth-order valence-corrected chi connectivity index (χ4v) is 2.83. The highest BCUT2D eigenvalue weighted by atomic mass is 32.1. The van der Waals surface area contributed by atoms with Gasteiger partial charge in [-0.05, 0) is 12.2 Å². The summed E-state index contributed by atoms with van der Waals surface area (Å²) in [5, 5.41) is 0. The number of unbranched alkanes of at least 4 members (excludes halogenated alkanes) is 4. The van der Waals surface area contributed by atoms with Gasteiger partial charge < -0.3 is 0 Å². The first-order valence-electron chi connectivity index (χ1n) is 5.17. The van der Waals surface area contributed by atoms with Crippen LogP contribution in [0.15, 0.2) is 0 Å². The minimum Gasteiger partial charge on any atom is -0.179 e. The first-order valence-corrected chi connectivity index (χ1v) is 9.51. The van der Waals surface area contributed by atoms with E-state index < -0.39 is 8.07 Å². The molecule has 0 nitrogen and oxygen atoms in total. The first-order chi connectivity index (χ1) is 5.56. The van der Waals surface area contributed by atoms with Gasteiger partial charge >= 0.3 is 0 Å². The average molecular weight is 204 g/mol. The van der Waals surface area contributed by atoms with E-state index in [4.69, 9.17) is 0 Å². The molecule has 0 bridgehead atoms. The molecule has 0 spiro atoms. The number of thiol groups is 1. The second-order valence-electron chi connectivity index (χ2n) is 4.80. The highest BCUT2D eigenvalue weighted by molar-refractivity contribution is 7.80. The van der Waals surface area contributed by atoms with Crippen molar-refractivity contribution in [3.63, 3.8) is 0 Å². The summed E-state index contributed by atoms with van der Waals surface area (Å²) < 4.78 is 0. The van der Waals surface area contributed by atoms with Crippen molar-refractivity contribution in [3.05, 3.63) is 0 Å². The molecule has 0 aromatic rings. The first kappa shape index (κ1) is 12.6. The summed E-state index contributed by atoms with van der Waals surface area (Å²) in [6.45, 7) is 7.38. The van der Waals surface area contributed by atoms with Gasteiger partial charge in [-0.2, -0.15) is 12.6 Å². The van der Waals surface area contributed by atoms with Crippen LogP contribution in [-0.4, -0.2) is 13.8 Å². The van der Waals surface area contributed by atoms with E-state index in [0.29, 0.717) is 0 Å². The number of rotatable bonds is 7. The third-order valence-electron chi connectivity index (χ3n) is 2.08. The Morgan fingerprint density at radius 2 is 1.33 bits per heavy atom. The quantitative estimate of drug-likeness (QED) is 0.358. The molecular weight excluding hydrogens is 180 g/mol. The highest BCUT2D eigenvalue weighted by Crippen LogP contribution is 2.14. The molecule has 12 heavy (non-hydrogen) atoms. The highest BCUT2D eigenvalue weighted by Gasteiger charge is 2.11. The van der Waals surface area contributed by atoms with Gasteiger partial charge in [0.1, 0.15) is 0 Å². The van der Waals surface area contributed by atoms with Gasteiger partial charge in [0.2, 0.25) is 0 Å². The topological polar surface area (TPSA) is 0 Å². The van der Waals surface area contributed by atoms with E-state index in [-0.39, 0.29) is 0 Å². The smallest absolute Gasteiger partial charge is 0.0442 e. The van der Waals surface area contributed by atoms with Crippen molar-refractivity contribution in [3.8, 4) is 0 Å². The Hall–Kier alpha value is 0.567. The van der Waals surface area contributed by atoms with Crippen LogP contribution in [-0.2, 0) is 0 Å². The van der Waals surface area contributed by atoms with Crippen LogP contribution >= 0.6 is 12.6 Å². The van der Waals surface area contributed by atoms with Gasteiger partial charge in [-0.3, -0.25) is 0 Å². The second-order valence-corrected chi connectivity index (χ2v) is 10.9. The zero-order valence-corrected chi connectivity index (χ0v) is 10.8. The second kappa shape index (κ2) is 7.02. The van der Waals surface area contributed by atoms with Crippen LogP contribution < -0.4 is 0 Å². The van der Waals surface area contributed by atoms with Gasteiger partial charge in [-0.15, -0.1) is 0 Å². The van der Waals surface area contributed by atoms with Crippen LogP contribution in [0.1, 0.15) is 32.1 Å². The lowest BCUT2D eigenvalue weighted by Crippen LogP contribution is -2.18. The van der Waals surface area contributed by atoms with Crippen LogP contribution in [0.3, 0.4) is 0 Å². The molecule has 0 atom stereocenters. The van der Waals surface area contributed by atoms with Crippen LogP contribution in [0.4, 0.5) is 0 Å². The SMILES string of the molecule is C[Si](C)(C)CCCCCCCS. The molecule has 0 aliphatic carbocycles. The Kier molecular flexibility index (Phi) is 7.35. The van der Waals surface area contributed by atoms with Gasteiger partial charge in [0.25, 0.3) is 0 Å².